The van der Waals surface area contributed by atoms with Crippen molar-refractivity contribution in [1.29, 1.82) is 0 Å². The second-order valence-electron chi connectivity index (χ2n) is 6.17. The summed E-state index contributed by atoms with van der Waals surface area (Å²) in [7, 11) is 1.79. The van der Waals surface area contributed by atoms with E-state index in [0.717, 1.165) is 5.56 Å². The van der Waals surface area contributed by atoms with Crippen molar-refractivity contribution in [3.05, 3.63) is 53.9 Å². The lowest BCUT2D eigenvalue weighted by atomic mass is 9.95. The van der Waals surface area contributed by atoms with Gasteiger partial charge in [0, 0.05) is 38.8 Å². The fourth-order valence-corrected chi connectivity index (χ4v) is 2.99. The molecule has 3 rings (SSSR count). The number of benzene rings is 1. The first-order valence-corrected chi connectivity index (χ1v) is 8.23. The zero-order chi connectivity index (χ0) is 16.9. The number of piperidine rings is 1. The van der Waals surface area contributed by atoms with E-state index in [1.807, 2.05) is 30.3 Å². The highest BCUT2D eigenvalue weighted by atomic mass is 16.2. The largest absolute Gasteiger partial charge is 0.352 e. The van der Waals surface area contributed by atoms with Gasteiger partial charge in [0.2, 0.25) is 5.91 Å². The first-order chi connectivity index (χ1) is 11.6. The van der Waals surface area contributed by atoms with E-state index in [9.17, 15) is 9.59 Å². The number of aromatic nitrogens is 2. The van der Waals surface area contributed by atoms with Crippen molar-refractivity contribution in [1.82, 2.24) is 20.0 Å². The number of carbonyl (C=O) groups excluding carboxylic acids is 2. The lowest BCUT2D eigenvalue weighted by molar-refractivity contribution is -0.126. The number of aryl methyl sites for hydroxylation is 1. The number of nitrogens with zero attached hydrogens (tertiary/aromatic N) is 3. The van der Waals surface area contributed by atoms with Crippen LogP contribution >= 0.6 is 0 Å². The van der Waals surface area contributed by atoms with E-state index >= 15 is 0 Å². The lowest BCUT2D eigenvalue weighted by Crippen LogP contribution is -2.42. The molecule has 1 fully saturated rings. The molecule has 6 nitrogen and oxygen atoms in total. The van der Waals surface area contributed by atoms with Crippen LogP contribution in [0.1, 0.15) is 28.8 Å². The molecule has 2 amide bonds. The number of likely N-dealkylation sites (tertiary alicyclic amines) is 1. The summed E-state index contributed by atoms with van der Waals surface area (Å²) in [6.07, 6.45) is 4.71. The molecular formula is C18H22N4O2. The Hall–Kier alpha value is -2.63. The minimum absolute atomic E-state index is 0.00811. The zero-order valence-corrected chi connectivity index (χ0v) is 13.8. The SMILES string of the molecule is Cn1cc(C(=O)N2CCC(C(=O)NCc3ccccc3)CC2)cn1. The van der Waals surface area contributed by atoms with E-state index in [1.54, 1.807) is 29.0 Å². The molecule has 1 aromatic carbocycles. The van der Waals surface area contributed by atoms with Gasteiger partial charge in [-0.2, -0.15) is 5.10 Å². The minimum atomic E-state index is -0.0216. The Bertz CT molecular complexity index is 703. The van der Waals surface area contributed by atoms with Crippen molar-refractivity contribution in [2.24, 2.45) is 13.0 Å². The maximum atomic E-state index is 12.4. The first-order valence-electron chi connectivity index (χ1n) is 8.23. The van der Waals surface area contributed by atoms with Crippen LogP contribution in [0.15, 0.2) is 42.7 Å². The van der Waals surface area contributed by atoms with Crippen LogP contribution < -0.4 is 5.32 Å². The maximum Gasteiger partial charge on any atom is 0.257 e. The molecule has 0 spiro atoms. The topological polar surface area (TPSA) is 67.2 Å². The molecule has 1 aliphatic rings. The Morgan fingerprint density at radius 2 is 1.92 bits per heavy atom. The van der Waals surface area contributed by atoms with Crippen LogP contribution in [-0.4, -0.2) is 39.6 Å². The summed E-state index contributed by atoms with van der Waals surface area (Å²) in [6.45, 7) is 1.77. The summed E-state index contributed by atoms with van der Waals surface area (Å²) in [4.78, 5) is 26.5. The van der Waals surface area contributed by atoms with Crippen molar-refractivity contribution in [2.45, 2.75) is 19.4 Å². The van der Waals surface area contributed by atoms with Crippen molar-refractivity contribution in [3.8, 4) is 0 Å². The van der Waals surface area contributed by atoms with E-state index < -0.39 is 0 Å². The average Bonchev–Trinajstić information content (AvgIpc) is 3.06. The predicted molar refractivity (Wildman–Crippen MR) is 90.1 cm³/mol. The number of carbonyl (C=O) groups is 2. The van der Waals surface area contributed by atoms with Gasteiger partial charge in [-0.05, 0) is 18.4 Å². The average molecular weight is 326 g/mol. The number of rotatable bonds is 4. The van der Waals surface area contributed by atoms with Gasteiger partial charge >= 0.3 is 0 Å². The van der Waals surface area contributed by atoms with Crippen LogP contribution in [0.2, 0.25) is 0 Å². The molecule has 2 heterocycles. The van der Waals surface area contributed by atoms with E-state index in [-0.39, 0.29) is 17.7 Å². The monoisotopic (exact) mass is 326 g/mol. The van der Waals surface area contributed by atoms with Crippen molar-refractivity contribution in [2.75, 3.05) is 13.1 Å². The Morgan fingerprint density at radius 1 is 1.21 bits per heavy atom. The van der Waals surface area contributed by atoms with Crippen LogP contribution in [0, 0.1) is 5.92 Å². The normalized spacial score (nSPS) is 15.3. The third-order valence-electron chi connectivity index (χ3n) is 4.41. The van der Waals surface area contributed by atoms with Crippen molar-refractivity contribution >= 4 is 11.8 Å². The molecule has 0 aliphatic carbocycles. The highest BCUT2D eigenvalue weighted by Gasteiger charge is 2.28. The Balaban J connectivity index is 1.47. The third kappa shape index (κ3) is 3.82. The molecular weight excluding hydrogens is 304 g/mol. The standard InChI is InChI=1S/C18H22N4O2/c1-21-13-16(12-20-21)18(24)22-9-7-15(8-10-22)17(23)19-11-14-5-3-2-4-6-14/h2-6,12-13,15H,7-11H2,1H3,(H,19,23). The summed E-state index contributed by atoms with van der Waals surface area (Å²) in [5.41, 5.74) is 1.69. The molecule has 126 valence electrons. The highest BCUT2D eigenvalue weighted by Crippen LogP contribution is 2.19. The summed E-state index contributed by atoms with van der Waals surface area (Å²) < 4.78 is 1.62. The van der Waals surface area contributed by atoms with Gasteiger partial charge in [-0.1, -0.05) is 30.3 Å². The fourth-order valence-electron chi connectivity index (χ4n) is 2.99. The Labute approximate surface area is 141 Å². The second-order valence-corrected chi connectivity index (χ2v) is 6.17. The molecule has 24 heavy (non-hydrogen) atoms. The van der Waals surface area contributed by atoms with Gasteiger partial charge in [-0.3, -0.25) is 14.3 Å². The molecule has 1 aromatic heterocycles. The summed E-state index contributed by atoms with van der Waals surface area (Å²) in [5, 5.41) is 7.03. The van der Waals surface area contributed by atoms with Gasteiger partial charge in [0.1, 0.15) is 0 Å². The molecule has 0 bridgehead atoms. The second kappa shape index (κ2) is 7.29. The van der Waals surface area contributed by atoms with Crippen LogP contribution in [0.3, 0.4) is 0 Å². The predicted octanol–water partition coefficient (Wildman–Crippen LogP) is 1.59. The Kier molecular flexibility index (Phi) is 4.93. The van der Waals surface area contributed by atoms with E-state index in [1.165, 1.54) is 0 Å². The molecule has 1 aliphatic heterocycles. The molecule has 6 heteroatoms. The number of amides is 2. The maximum absolute atomic E-state index is 12.4. The number of hydrogen-bond acceptors (Lipinski definition) is 3. The van der Waals surface area contributed by atoms with Crippen LogP contribution in [-0.2, 0) is 18.4 Å². The summed E-state index contributed by atoms with van der Waals surface area (Å²) in [6, 6.07) is 9.87. The van der Waals surface area contributed by atoms with E-state index in [2.05, 4.69) is 10.4 Å². The van der Waals surface area contributed by atoms with Crippen LogP contribution in [0.25, 0.3) is 0 Å². The zero-order valence-electron chi connectivity index (χ0n) is 13.8. The van der Waals surface area contributed by atoms with Crippen LogP contribution in [0.4, 0.5) is 0 Å². The third-order valence-corrected chi connectivity index (χ3v) is 4.41. The van der Waals surface area contributed by atoms with E-state index in [4.69, 9.17) is 0 Å². The first kappa shape index (κ1) is 16.2. The van der Waals surface area contributed by atoms with Gasteiger partial charge in [0.15, 0.2) is 0 Å². The summed E-state index contributed by atoms with van der Waals surface area (Å²) in [5.74, 6) is 0.0465. The number of nitrogens with one attached hydrogen (secondary N) is 1. The molecule has 1 N–H and O–H groups in total. The molecule has 1 saturated heterocycles. The van der Waals surface area contributed by atoms with Crippen molar-refractivity contribution in [3.63, 3.8) is 0 Å². The van der Waals surface area contributed by atoms with Crippen molar-refractivity contribution < 1.29 is 9.59 Å². The molecule has 0 saturated carbocycles. The van der Waals surface area contributed by atoms with Gasteiger partial charge < -0.3 is 10.2 Å². The number of hydrogen-bond donors (Lipinski definition) is 1. The molecule has 2 aromatic rings. The van der Waals surface area contributed by atoms with E-state index in [0.29, 0.717) is 38.0 Å². The highest BCUT2D eigenvalue weighted by molar-refractivity contribution is 5.94. The Morgan fingerprint density at radius 3 is 2.54 bits per heavy atom. The fraction of sp³-hybridized carbons (Fsp3) is 0.389. The smallest absolute Gasteiger partial charge is 0.257 e. The van der Waals surface area contributed by atoms with Gasteiger partial charge in [-0.25, -0.2) is 0 Å². The van der Waals surface area contributed by atoms with Gasteiger partial charge in [0.25, 0.3) is 5.91 Å². The lowest BCUT2D eigenvalue weighted by Gasteiger charge is -2.31. The molecule has 0 unspecified atom stereocenters. The van der Waals surface area contributed by atoms with Gasteiger partial charge in [0.05, 0.1) is 11.8 Å². The summed E-state index contributed by atoms with van der Waals surface area (Å²) >= 11 is 0. The van der Waals surface area contributed by atoms with Gasteiger partial charge in [-0.15, -0.1) is 0 Å². The van der Waals surface area contributed by atoms with Crippen LogP contribution in [0.5, 0.6) is 0 Å². The molecule has 0 atom stereocenters. The quantitative estimate of drug-likeness (QED) is 0.928. The molecule has 0 radical (unpaired) electrons. The minimum Gasteiger partial charge on any atom is -0.352 e.